The van der Waals surface area contributed by atoms with Crippen LogP contribution in [0.5, 0.6) is 11.5 Å². The number of aromatic nitrogens is 1. The molecule has 0 aliphatic carbocycles. The number of benzene rings is 2. The largest absolute Gasteiger partial charge is 0.477 e. The maximum Gasteiger partial charge on any atom is 0.387 e. The van der Waals surface area contributed by atoms with Gasteiger partial charge in [-0.15, -0.1) is 6.42 Å². The summed E-state index contributed by atoms with van der Waals surface area (Å²) in [5, 5.41) is 0.372. The number of hydrogen-bond acceptors (Lipinski definition) is 5. The third-order valence-electron chi connectivity index (χ3n) is 3.47. The molecule has 0 aliphatic heterocycles. The van der Waals surface area contributed by atoms with Crippen molar-refractivity contribution in [3.63, 3.8) is 0 Å². The van der Waals surface area contributed by atoms with Crippen LogP contribution in [0.15, 0.2) is 51.7 Å². The molecule has 5 nitrogen and oxygen atoms in total. The summed E-state index contributed by atoms with van der Waals surface area (Å²) in [7, 11) is 0. The molecule has 3 rings (SSSR count). The van der Waals surface area contributed by atoms with Crippen molar-refractivity contribution in [2.24, 2.45) is 0 Å². The van der Waals surface area contributed by atoms with E-state index in [0.29, 0.717) is 16.5 Å². The summed E-state index contributed by atoms with van der Waals surface area (Å²) in [6, 6.07) is 11.2. The fourth-order valence-corrected chi connectivity index (χ4v) is 2.33. The van der Waals surface area contributed by atoms with E-state index in [4.69, 9.17) is 15.6 Å². The van der Waals surface area contributed by atoms with Gasteiger partial charge in [-0.25, -0.2) is 9.78 Å². The smallest absolute Gasteiger partial charge is 0.387 e. The SMILES string of the molecule is C#CCOc1ccc(/C=C/c2nc3ccccc3c(=O)o2)cc1OC(F)F. The fourth-order valence-electron chi connectivity index (χ4n) is 2.33. The van der Waals surface area contributed by atoms with Crippen LogP contribution in [-0.2, 0) is 0 Å². The lowest BCUT2D eigenvalue weighted by Crippen LogP contribution is -2.05. The van der Waals surface area contributed by atoms with Gasteiger partial charge in [-0.2, -0.15) is 8.78 Å². The fraction of sp³-hybridized carbons (Fsp3) is 0.100. The summed E-state index contributed by atoms with van der Waals surface area (Å²) in [6.45, 7) is -3.10. The molecule has 0 aliphatic rings. The van der Waals surface area contributed by atoms with Crippen molar-refractivity contribution >= 4 is 23.1 Å². The van der Waals surface area contributed by atoms with Gasteiger partial charge in [0.25, 0.3) is 0 Å². The van der Waals surface area contributed by atoms with E-state index in [1.807, 2.05) is 0 Å². The van der Waals surface area contributed by atoms with Crippen LogP contribution in [0.1, 0.15) is 11.5 Å². The van der Waals surface area contributed by atoms with Gasteiger partial charge in [0.2, 0.25) is 5.89 Å². The Hall–Kier alpha value is -3.66. The second-order valence-electron chi connectivity index (χ2n) is 5.27. The predicted molar refractivity (Wildman–Crippen MR) is 96.6 cm³/mol. The quantitative estimate of drug-likeness (QED) is 0.615. The van der Waals surface area contributed by atoms with E-state index in [0.717, 1.165) is 0 Å². The zero-order valence-electron chi connectivity index (χ0n) is 13.9. The minimum atomic E-state index is -3.02. The van der Waals surface area contributed by atoms with Crippen molar-refractivity contribution in [3.05, 3.63) is 64.3 Å². The van der Waals surface area contributed by atoms with Crippen molar-refractivity contribution in [3.8, 4) is 23.8 Å². The predicted octanol–water partition coefficient (Wildman–Crippen LogP) is 3.97. The number of hydrogen-bond donors (Lipinski definition) is 0. The maximum absolute atomic E-state index is 12.6. The highest BCUT2D eigenvalue weighted by molar-refractivity contribution is 5.78. The highest BCUT2D eigenvalue weighted by Gasteiger charge is 2.11. The molecule has 7 heteroatoms. The molecule has 1 heterocycles. The van der Waals surface area contributed by atoms with Crippen molar-refractivity contribution in [1.82, 2.24) is 4.98 Å². The second kappa shape index (κ2) is 8.15. The third kappa shape index (κ3) is 4.50. The highest BCUT2D eigenvalue weighted by atomic mass is 19.3. The number of ether oxygens (including phenoxy) is 2. The first-order valence-electron chi connectivity index (χ1n) is 7.80. The number of halogens is 2. The van der Waals surface area contributed by atoms with Crippen molar-refractivity contribution in [1.29, 1.82) is 0 Å². The lowest BCUT2D eigenvalue weighted by atomic mass is 10.2. The molecular weight excluding hydrogens is 356 g/mol. The number of rotatable bonds is 6. The Morgan fingerprint density at radius 2 is 2.00 bits per heavy atom. The first-order valence-corrected chi connectivity index (χ1v) is 7.80. The van der Waals surface area contributed by atoms with Gasteiger partial charge in [-0.1, -0.05) is 24.1 Å². The minimum absolute atomic E-state index is 0.0824. The van der Waals surface area contributed by atoms with Crippen molar-refractivity contribution in [2.45, 2.75) is 6.61 Å². The Balaban J connectivity index is 1.90. The number of para-hydroxylation sites is 1. The van der Waals surface area contributed by atoms with Gasteiger partial charge in [0.05, 0.1) is 10.9 Å². The van der Waals surface area contributed by atoms with E-state index >= 15 is 0 Å². The Bertz CT molecular complexity index is 1080. The Kier molecular flexibility index (Phi) is 5.47. The second-order valence-corrected chi connectivity index (χ2v) is 5.27. The molecule has 0 fully saturated rings. The van der Waals surface area contributed by atoms with Gasteiger partial charge in [0, 0.05) is 6.08 Å². The average Bonchev–Trinajstić information content (AvgIpc) is 2.65. The molecule has 0 N–H and O–H groups in total. The molecular formula is C20H13F2NO4. The van der Waals surface area contributed by atoms with Gasteiger partial charge in [-0.05, 0) is 35.9 Å². The molecule has 27 heavy (non-hydrogen) atoms. The van der Waals surface area contributed by atoms with Crippen LogP contribution in [0, 0.1) is 12.3 Å². The molecule has 0 amide bonds. The van der Waals surface area contributed by atoms with Crippen LogP contribution in [0.4, 0.5) is 8.78 Å². The zero-order valence-corrected chi connectivity index (χ0v) is 13.9. The molecule has 0 spiro atoms. The van der Waals surface area contributed by atoms with Crippen LogP contribution in [-0.4, -0.2) is 18.2 Å². The van der Waals surface area contributed by atoms with E-state index in [2.05, 4.69) is 15.6 Å². The monoisotopic (exact) mass is 369 g/mol. The lowest BCUT2D eigenvalue weighted by molar-refractivity contribution is -0.0513. The summed E-state index contributed by atoms with van der Waals surface area (Å²) >= 11 is 0. The number of alkyl halides is 2. The number of fused-ring (bicyclic) bond motifs is 1. The normalized spacial score (nSPS) is 11.0. The van der Waals surface area contributed by atoms with Crippen LogP contribution in [0.2, 0.25) is 0 Å². The molecule has 0 saturated heterocycles. The summed E-state index contributed by atoms with van der Waals surface area (Å²) in [4.78, 5) is 16.2. The van der Waals surface area contributed by atoms with Crippen LogP contribution < -0.4 is 15.1 Å². The van der Waals surface area contributed by atoms with Crippen molar-refractivity contribution in [2.75, 3.05) is 6.61 Å². The summed E-state index contributed by atoms with van der Waals surface area (Å²) in [5.74, 6) is 2.27. The lowest BCUT2D eigenvalue weighted by Gasteiger charge is -2.11. The number of terminal acetylenes is 1. The zero-order chi connectivity index (χ0) is 19.2. The van der Waals surface area contributed by atoms with Crippen molar-refractivity contribution < 1.29 is 22.7 Å². The van der Waals surface area contributed by atoms with Gasteiger partial charge >= 0.3 is 12.2 Å². The van der Waals surface area contributed by atoms with E-state index in [1.165, 1.54) is 18.2 Å². The van der Waals surface area contributed by atoms with E-state index in [9.17, 15) is 13.6 Å². The summed E-state index contributed by atoms with van der Waals surface area (Å²) in [5.41, 5.74) is 0.490. The Morgan fingerprint density at radius 1 is 1.19 bits per heavy atom. The molecule has 3 aromatic rings. The van der Waals surface area contributed by atoms with Gasteiger partial charge < -0.3 is 13.9 Å². The van der Waals surface area contributed by atoms with Gasteiger partial charge in [0.15, 0.2) is 11.5 Å². The maximum atomic E-state index is 12.6. The molecule has 0 bridgehead atoms. The molecule has 0 radical (unpaired) electrons. The van der Waals surface area contributed by atoms with Crippen LogP contribution >= 0.6 is 0 Å². The molecule has 2 aromatic carbocycles. The van der Waals surface area contributed by atoms with Gasteiger partial charge in [0.1, 0.15) is 6.61 Å². The molecule has 0 unspecified atom stereocenters. The highest BCUT2D eigenvalue weighted by Crippen LogP contribution is 2.30. The number of nitrogens with zero attached hydrogens (tertiary/aromatic N) is 1. The van der Waals surface area contributed by atoms with E-state index < -0.39 is 12.2 Å². The first kappa shape index (κ1) is 18.1. The Labute approximate surface area is 152 Å². The molecule has 1 aromatic heterocycles. The topological polar surface area (TPSA) is 61.6 Å². The van der Waals surface area contributed by atoms with E-state index in [-0.39, 0.29) is 24.0 Å². The standard InChI is InChI=1S/C20H13F2NO4/c1-2-11-25-16-9-7-13(12-17(16)26-20(21)22)8-10-18-23-15-6-4-3-5-14(15)19(24)27-18/h1,3-10,12,20H,11H2/b10-8+. The molecule has 136 valence electrons. The van der Waals surface area contributed by atoms with E-state index in [1.54, 1.807) is 36.4 Å². The molecule has 0 saturated carbocycles. The summed E-state index contributed by atoms with van der Waals surface area (Å²) < 4.78 is 40.0. The van der Waals surface area contributed by atoms with Gasteiger partial charge in [-0.3, -0.25) is 0 Å². The average molecular weight is 369 g/mol. The minimum Gasteiger partial charge on any atom is -0.477 e. The van der Waals surface area contributed by atoms with Crippen LogP contribution in [0.25, 0.3) is 23.1 Å². The molecule has 0 atom stereocenters. The third-order valence-corrected chi connectivity index (χ3v) is 3.47. The Morgan fingerprint density at radius 3 is 2.78 bits per heavy atom. The van der Waals surface area contributed by atoms with Crippen LogP contribution in [0.3, 0.4) is 0 Å². The summed E-state index contributed by atoms with van der Waals surface area (Å²) in [6.07, 6.45) is 8.10. The first-order chi connectivity index (χ1) is 13.1.